The third-order valence-corrected chi connectivity index (χ3v) is 3.22. The maximum Gasteiger partial charge on any atom is 0.281 e. The highest BCUT2D eigenvalue weighted by atomic mass is 16.5. The van der Waals surface area contributed by atoms with E-state index < -0.39 is 0 Å². The molecule has 1 aliphatic carbocycles. The Morgan fingerprint density at radius 2 is 2.12 bits per heavy atom. The van der Waals surface area contributed by atoms with Gasteiger partial charge in [-0.15, -0.1) is 0 Å². The molecule has 0 bridgehead atoms. The van der Waals surface area contributed by atoms with Crippen molar-refractivity contribution in [3.05, 3.63) is 23.7 Å². The van der Waals surface area contributed by atoms with E-state index in [1.165, 1.54) is 12.7 Å². The topological polar surface area (TPSA) is 53.7 Å². The number of rotatable bonds is 2. The Kier molecular flexibility index (Phi) is 3.29. The number of amides is 1. The summed E-state index contributed by atoms with van der Waals surface area (Å²) in [6, 6.07) is 1.57. The fourth-order valence-corrected chi connectivity index (χ4v) is 2.22. The number of carbonyl (C=O) groups is 1. The molecule has 88 valence electrons. The van der Waals surface area contributed by atoms with Crippen molar-refractivity contribution in [1.29, 1.82) is 0 Å². The van der Waals surface area contributed by atoms with E-state index in [1.807, 2.05) is 0 Å². The van der Waals surface area contributed by atoms with Crippen molar-refractivity contribution in [2.45, 2.75) is 45.1 Å². The summed E-state index contributed by atoms with van der Waals surface area (Å²) in [7, 11) is 0. The minimum Gasteiger partial charge on any atom is -0.469 e. The van der Waals surface area contributed by atoms with Gasteiger partial charge >= 0.3 is 0 Å². The first-order chi connectivity index (χ1) is 7.70. The molecule has 4 nitrogen and oxygen atoms in total. The molecule has 16 heavy (non-hydrogen) atoms. The summed E-state index contributed by atoms with van der Waals surface area (Å²) in [6.45, 7) is 1.72. The number of nitrogens with zero attached hydrogens (tertiary/aromatic N) is 1. The van der Waals surface area contributed by atoms with Crippen molar-refractivity contribution in [2.75, 3.05) is 0 Å². The van der Waals surface area contributed by atoms with Gasteiger partial charge in [-0.3, -0.25) is 10.0 Å². The quantitative estimate of drug-likeness (QED) is 0.619. The van der Waals surface area contributed by atoms with Crippen molar-refractivity contribution in [3.63, 3.8) is 0 Å². The Morgan fingerprint density at radius 1 is 1.44 bits per heavy atom. The van der Waals surface area contributed by atoms with Crippen LogP contribution in [0.2, 0.25) is 0 Å². The van der Waals surface area contributed by atoms with E-state index in [2.05, 4.69) is 0 Å². The number of furan rings is 1. The highest BCUT2D eigenvalue weighted by Crippen LogP contribution is 2.23. The Morgan fingerprint density at radius 3 is 2.69 bits per heavy atom. The maximum absolute atomic E-state index is 11.9. The zero-order valence-corrected chi connectivity index (χ0v) is 9.48. The van der Waals surface area contributed by atoms with E-state index in [1.54, 1.807) is 13.0 Å². The van der Waals surface area contributed by atoms with Crippen LogP contribution in [0.4, 0.5) is 0 Å². The number of hydroxylamine groups is 2. The molecule has 0 aliphatic heterocycles. The van der Waals surface area contributed by atoms with Gasteiger partial charge in [-0.2, -0.15) is 0 Å². The number of hydrogen-bond acceptors (Lipinski definition) is 3. The van der Waals surface area contributed by atoms with Crippen LogP contribution < -0.4 is 0 Å². The van der Waals surface area contributed by atoms with Crippen LogP contribution in [-0.2, 0) is 0 Å². The summed E-state index contributed by atoms with van der Waals surface area (Å²) in [5, 5.41) is 10.8. The number of carbonyl (C=O) groups excluding carboxylic acids is 1. The van der Waals surface area contributed by atoms with Gasteiger partial charge in [0.1, 0.15) is 5.76 Å². The van der Waals surface area contributed by atoms with Gasteiger partial charge < -0.3 is 4.42 Å². The second-order valence-electron chi connectivity index (χ2n) is 4.33. The lowest BCUT2D eigenvalue weighted by Crippen LogP contribution is -2.38. The highest BCUT2D eigenvalue weighted by Gasteiger charge is 2.26. The molecule has 0 atom stereocenters. The van der Waals surface area contributed by atoms with Gasteiger partial charge in [0.2, 0.25) is 0 Å². The summed E-state index contributed by atoms with van der Waals surface area (Å²) < 4.78 is 5.06. The maximum atomic E-state index is 11.9. The van der Waals surface area contributed by atoms with Crippen LogP contribution in [0.25, 0.3) is 0 Å². The fourth-order valence-electron chi connectivity index (χ4n) is 2.22. The monoisotopic (exact) mass is 223 g/mol. The zero-order chi connectivity index (χ0) is 11.5. The van der Waals surface area contributed by atoms with Crippen molar-refractivity contribution in [3.8, 4) is 0 Å². The lowest BCUT2D eigenvalue weighted by atomic mass is 9.95. The molecule has 0 aromatic carbocycles. The van der Waals surface area contributed by atoms with Crippen molar-refractivity contribution in [1.82, 2.24) is 5.06 Å². The molecule has 2 rings (SSSR count). The molecule has 1 aromatic rings. The molecule has 0 radical (unpaired) electrons. The third kappa shape index (κ3) is 2.11. The van der Waals surface area contributed by atoms with Gasteiger partial charge in [0, 0.05) is 0 Å². The lowest BCUT2D eigenvalue weighted by molar-refractivity contribution is -0.0964. The molecule has 1 aliphatic rings. The number of aryl methyl sites for hydroxylation is 1. The molecule has 1 aromatic heterocycles. The first-order valence-corrected chi connectivity index (χ1v) is 5.76. The predicted molar refractivity (Wildman–Crippen MR) is 58.3 cm³/mol. The molecular formula is C12H17NO3. The van der Waals surface area contributed by atoms with Gasteiger partial charge in [-0.25, -0.2) is 5.06 Å². The van der Waals surface area contributed by atoms with E-state index in [4.69, 9.17) is 4.42 Å². The van der Waals surface area contributed by atoms with Crippen LogP contribution in [-0.4, -0.2) is 22.2 Å². The largest absolute Gasteiger partial charge is 0.469 e. The summed E-state index contributed by atoms with van der Waals surface area (Å²) in [5.41, 5.74) is 0.452. The second-order valence-corrected chi connectivity index (χ2v) is 4.33. The first-order valence-electron chi connectivity index (χ1n) is 5.76. The smallest absolute Gasteiger partial charge is 0.281 e. The average molecular weight is 223 g/mol. The van der Waals surface area contributed by atoms with E-state index in [-0.39, 0.29) is 11.9 Å². The van der Waals surface area contributed by atoms with Crippen LogP contribution in [0.15, 0.2) is 16.7 Å². The van der Waals surface area contributed by atoms with Gasteiger partial charge in [0.15, 0.2) is 0 Å². The molecule has 1 heterocycles. The molecule has 0 unspecified atom stereocenters. The molecule has 1 N–H and O–H groups in total. The zero-order valence-electron chi connectivity index (χ0n) is 9.48. The average Bonchev–Trinajstić information content (AvgIpc) is 2.75. The van der Waals surface area contributed by atoms with Crippen molar-refractivity contribution >= 4 is 5.91 Å². The standard InChI is InChI=1S/C12H17NO3/c1-9-11(7-8-16-9)12(14)13(15)10-5-3-2-4-6-10/h7-8,10,15H,2-6H2,1H3. The normalized spacial score (nSPS) is 17.4. The molecule has 1 fully saturated rings. The Bertz CT molecular complexity index is 366. The Hall–Kier alpha value is -1.29. The summed E-state index contributed by atoms with van der Waals surface area (Å²) in [4.78, 5) is 11.9. The highest BCUT2D eigenvalue weighted by molar-refractivity contribution is 5.94. The second kappa shape index (κ2) is 4.70. The van der Waals surface area contributed by atoms with Crippen molar-refractivity contribution < 1.29 is 14.4 Å². The summed E-state index contributed by atoms with van der Waals surface area (Å²) in [6.07, 6.45) is 6.61. The summed E-state index contributed by atoms with van der Waals surface area (Å²) in [5.74, 6) is 0.206. The third-order valence-electron chi connectivity index (χ3n) is 3.22. The Labute approximate surface area is 94.8 Å². The van der Waals surface area contributed by atoms with Crippen LogP contribution in [0.1, 0.15) is 48.2 Å². The SMILES string of the molecule is Cc1occc1C(=O)N(O)C1CCCCC1. The first kappa shape index (κ1) is 11.2. The van der Waals surface area contributed by atoms with Crippen molar-refractivity contribution in [2.24, 2.45) is 0 Å². The minimum atomic E-state index is -0.349. The predicted octanol–water partition coefficient (Wildman–Crippen LogP) is 2.75. The van der Waals surface area contributed by atoms with Crippen LogP contribution in [0.3, 0.4) is 0 Å². The lowest BCUT2D eigenvalue weighted by Gasteiger charge is -2.28. The number of hydrogen-bond donors (Lipinski definition) is 1. The Balaban J connectivity index is 2.06. The van der Waals surface area contributed by atoms with Crippen LogP contribution in [0, 0.1) is 6.92 Å². The van der Waals surface area contributed by atoms with Gasteiger partial charge in [-0.1, -0.05) is 19.3 Å². The van der Waals surface area contributed by atoms with Gasteiger partial charge in [0.05, 0.1) is 17.9 Å². The molecule has 0 spiro atoms. The van der Waals surface area contributed by atoms with E-state index >= 15 is 0 Å². The molecule has 0 saturated heterocycles. The van der Waals surface area contributed by atoms with Gasteiger partial charge in [-0.05, 0) is 25.8 Å². The van der Waals surface area contributed by atoms with E-state index in [0.29, 0.717) is 11.3 Å². The summed E-state index contributed by atoms with van der Waals surface area (Å²) >= 11 is 0. The van der Waals surface area contributed by atoms with Crippen LogP contribution in [0.5, 0.6) is 0 Å². The molecule has 1 amide bonds. The molecule has 4 heteroatoms. The van der Waals surface area contributed by atoms with E-state index in [0.717, 1.165) is 30.7 Å². The molecular weight excluding hydrogens is 206 g/mol. The minimum absolute atomic E-state index is 0.0319. The van der Waals surface area contributed by atoms with Crippen LogP contribution >= 0.6 is 0 Å². The van der Waals surface area contributed by atoms with E-state index in [9.17, 15) is 10.0 Å². The molecule has 1 saturated carbocycles. The fraction of sp³-hybridized carbons (Fsp3) is 0.583. The van der Waals surface area contributed by atoms with Gasteiger partial charge in [0.25, 0.3) is 5.91 Å².